The van der Waals surface area contributed by atoms with Crippen LogP contribution in [0.4, 0.5) is 4.39 Å². The number of ether oxygens (including phenoxy) is 1. The summed E-state index contributed by atoms with van der Waals surface area (Å²) in [5, 5.41) is 2.72. The molecule has 2 amide bonds. The van der Waals surface area contributed by atoms with Crippen molar-refractivity contribution in [1.82, 2.24) is 10.3 Å². The molecule has 0 bridgehead atoms. The number of nitrogens with zero attached hydrogens (tertiary/aromatic N) is 1. The number of imide groups is 1. The lowest BCUT2D eigenvalue weighted by molar-refractivity contribution is 0.0879. The summed E-state index contributed by atoms with van der Waals surface area (Å²) >= 11 is 0. The van der Waals surface area contributed by atoms with Gasteiger partial charge in [-0.3, -0.25) is 24.7 Å². The molecule has 0 radical (unpaired) electrons. The van der Waals surface area contributed by atoms with E-state index in [1.54, 1.807) is 30.3 Å². The first-order valence-electron chi connectivity index (χ1n) is 8.56. The molecule has 0 atom stereocenters. The molecule has 7 heteroatoms. The van der Waals surface area contributed by atoms with Crippen LogP contribution in [0.25, 0.3) is 10.9 Å². The number of carbonyl (C=O) groups is 3. The van der Waals surface area contributed by atoms with Crippen LogP contribution >= 0.6 is 0 Å². The molecule has 1 aliphatic heterocycles. The summed E-state index contributed by atoms with van der Waals surface area (Å²) in [4.78, 5) is 37.3. The Kier molecular flexibility index (Phi) is 5.44. The first-order valence-corrected chi connectivity index (χ1v) is 8.56. The second kappa shape index (κ2) is 7.96. The third kappa shape index (κ3) is 3.46. The molecule has 6 nitrogen and oxygen atoms in total. The molecule has 0 unspecified atom stereocenters. The van der Waals surface area contributed by atoms with Gasteiger partial charge in [0.05, 0.1) is 35.0 Å². The highest BCUT2D eigenvalue weighted by Crippen LogP contribution is 2.30. The molecule has 28 heavy (non-hydrogen) atoms. The van der Waals surface area contributed by atoms with E-state index in [9.17, 15) is 18.8 Å². The summed E-state index contributed by atoms with van der Waals surface area (Å²) in [7, 11) is 1.46. The number of halogens is 1. The van der Waals surface area contributed by atoms with Crippen molar-refractivity contribution in [2.75, 3.05) is 7.11 Å². The maximum absolute atomic E-state index is 13.2. The van der Waals surface area contributed by atoms with E-state index in [4.69, 9.17) is 4.74 Å². The van der Waals surface area contributed by atoms with E-state index in [1.165, 1.54) is 19.2 Å². The van der Waals surface area contributed by atoms with E-state index in [0.29, 0.717) is 51.7 Å². The topological polar surface area (TPSA) is 85.4 Å². The summed E-state index contributed by atoms with van der Waals surface area (Å²) in [5.74, 6) is -0.587. The van der Waals surface area contributed by atoms with Gasteiger partial charge in [-0.1, -0.05) is 19.1 Å². The number of fused-ring (bicyclic) bond motifs is 2. The van der Waals surface area contributed by atoms with Crippen molar-refractivity contribution in [3.63, 3.8) is 0 Å². The Balaban J connectivity index is 0.000000176. The highest BCUT2D eigenvalue weighted by atomic mass is 19.1. The number of aldehydes is 1. The summed E-state index contributed by atoms with van der Waals surface area (Å²) in [6.07, 6.45) is 1.33. The lowest BCUT2D eigenvalue weighted by Gasteiger charge is -2.11. The van der Waals surface area contributed by atoms with E-state index in [-0.39, 0.29) is 17.6 Å². The van der Waals surface area contributed by atoms with Crippen molar-refractivity contribution in [2.45, 2.75) is 13.3 Å². The van der Waals surface area contributed by atoms with Crippen LogP contribution in [0.15, 0.2) is 42.5 Å². The van der Waals surface area contributed by atoms with Crippen LogP contribution in [0.5, 0.6) is 5.75 Å². The molecular weight excluding hydrogens is 363 g/mol. The summed E-state index contributed by atoms with van der Waals surface area (Å²) < 4.78 is 18.4. The van der Waals surface area contributed by atoms with Gasteiger partial charge in [0.2, 0.25) is 0 Å². The van der Waals surface area contributed by atoms with Crippen molar-refractivity contribution in [1.29, 1.82) is 0 Å². The van der Waals surface area contributed by atoms with Crippen LogP contribution in [0.3, 0.4) is 0 Å². The van der Waals surface area contributed by atoms with Crippen LogP contribution in [0.2, 0.25) is 0 Å². The molecule has 2 heterocycles. The van der Waals surface area contributed by atoms with Gasteiger partial charge in [-0.2, -0.15) is 0 Å². The molecule has 3 aromatic rings. The first kappa shape index (κ1) is 19.2. The van der Waals surface area contributed by atoms with Gasteiger partial charge in [0, 0.05) is 5.39 Å². The van der Waals surface area contributed by atoms with Gasteiger partial charge in [-0.25, -0.2) is 4.39 Å². The van der Waals surface area contributed by atoms with Gasteiger partial charge in [0.15, 0.2) is 6.29 Å². The molecule has 2 aromatic carbocycles. The van der Waals surface area contributed by atoms with Crippen molar-refractivity contribution in [3.8, 4) is 5.75 Å². The molecule has 142 valence electrons. The maximum atomic E-state index is 13.2. The molecule has 1 aromatic heterocycles. The molecule has 4 rings (SSSR count). The third-order valence-corrected chi connectivity index (χ3v) is 4.31. The number of rotatable bonds is 3. The van der Waals surface area contributed by atoms with E-state index in [2.05, 4.69) is 10.3 Å². The Morgan fingerprint density at radius 1 is 1.11 bits per heavy atom. The van der Waals surface area contributed by atoms with Gasteiger partial charge < -0.3 is 4.74 Å². The standard InChI is InChI=1S/C13H12FNO2.C8H5NO2/c1-3-11-10(7-16)13(17-2)9-6-8(14)4-5-12(9)15-11;10-7-5-3-1-2-4-6(5)8(11)9-7/h4-7H,3H2,1-2H3;1-4H,(H,9,10,11). The second-order valence-corrected chi connectivity index (χ2v) is 5.97. The predicted molar refractivity (Wildman–Crippen MR) is 101 cm³/mol. The largest absolute Gasteiger partial charge is 0.495 e. The Hall–Kier alpha value is -3.61. The minimum absolute atomic E-state index is 0.300. The van der Waals surface area contributed by atoms with Crippen molar-refractivity contribution < 1.29 is 23.5 Å². The number of methoxy groups -OCH3 is 1. The van der Waals surface area contributed by atoms with Gasteiger partial charge in [-0.15, -0.1) is 0 Å². The molecule has 1 aliphatic rings. The fraction of sp³-hybridized carbons (Fsp3) is 0.143. The van der Waals surface area contributed by atoms with Crippen molar-refractivity contribution in [2.24, 2.45) is 0 Å². The molecule has 1 N–H and O–H groups in total. The number of hydrogen-bond acceptors (Lipinski definition) is 5. The Bertz CT molecular complexity index is 1060. The number of carbonyl (C=O) groups excluding carboxylic acids is 3. The van der Waals surface area contributed by atoms with Crippen LogP contribution < -0.4 is 10.1 Å². The van der Waals surface area contributed by atoms with E-state index in [1.807, 2.05) is 6.92 Å². The van der Waals surface area contributed by atoms with Crippen LogP contribution in [0, 0.1) is 5.82 Å². The fourth-order valence-corrected chi connectivity index (χ4v) is 3.00. The second-order valence-electron chi connectivity index (χ2n) is 5.97. The van der Waals surface area contributed by atoms with Crippen molar-refractivity contribution >= 4 is 29.0 Å². The molecule has 0 fully saturated rings. The zero-order chi connectivity index (χ0) is 20.3. The Morgan fingerprint density at radius 2 is 1.75 bits per heavy atom. The Labute approximate surface area is 160 Å². The average molecular weight is 380 g/mol. The number of amides is 2. The normalized spacial score (nSPS) is 12.1. The zero-order valence-corrected chi connectivity index (χ0v) is 15.3. The highest BCUT2D eigenvalue weighted by Gasteiger charge is 2.25. The monoisotopic (exact) mass is 380 g/mol. The average Bonchev–Trinajstić information content (AvgIpc) is 3.01. The van der Waals surface area contributed by atoms with E-state index >= 15 is 0 Å². The van der Waals surface area contributed by atoms with Crippen LogP contribution in [-0.4, -0.2) is 30.2 Å². The predicted octanol–water partition coefficient (Wildman–Crippen LogP) is 3.33. The minimum Gasteiger partial charge on any atom is -0.495 e. The SMILES string of the molecule is CCc1nc2ccc(F)cc2c(OC)c1C=O.O=C1NC(=O)c2ccccc21. The van der Waals surface area contributed by atoms with Gasteiger partial charge in [0.1, 0.15) is 11.6 Å². The Morgan fingerprint density at radius 3 is 2.29 bits per heavy atom. The highest BCUT2D eigenvalue weighted by molar-refractivity contribution is 6.21. The number of hydrogen-bond donors (Lipinski definition) is 1. The minimum atomic E-state index is -0.376. The third-order valence-electron chi connectivity index (χ3n) is 4.31. The fourth-order valence-electron chi connectivity index (χ4n) is 3.00. The lowest BCUT2D eigenvalue weighted by atomic mass is 10.1. The molecule has 0 spiro atoms. The summed E-state index contributed by atoms with van der Waals surface area (Å²) in [6.45, 7) is 1.91. The number of aryl methyl sites for hydroxylation is 1. The summed E-state index contributed by atoms with van der Waals surface area (Å²) in [6, 6.07) is 11.0. The maximum Gasteiger partial charge on any atom is 0.258 e. The molecule has 0 aliphatic carbocycles. The number of aromatic nitrogens is 1. The van der Waals surface area contributed by atoms with Crippen molar-refractivity contribution in [3.05, 3.63) is 70.7 Å². The van der Waals surface area contributed by atoms with E-state index in [0.717, 1.165) is 0 Å². The van der Waals surface area contributed by atoms with Gasteiger partial charge in [0.25, 0.3) is 11.8 Å². The number of benzene rings is 2. The quantitative estimate of drug-likeness (QED) is 0.556. The smallest absolute Gasteiger partial charge is 0.258 e. The number of nitrogens with one attached hydrogen (secondary N) is 1. The lowest BCUT2D eigenvalue weighted by Crippen LogP contribution is -2.19. The zero-order valence-electron chi connectivity index (χ0n) is 15.3. The van der Waals surface area contributed by atoms with Gasteiger partial charge in [-0.05, 0) is 36.8 Å². The molecule has 0 saturated carbocycles. The van der Waals surface area contributed by atoms with Crippen LogP contribution in [-0.2, 0) is 6.42 Å². The summed E-state index contributed by atoms with van der Waals surface area (Å²) in [5.41, 5.74) is 2.63. The molecule has 0 saturated heterocycles. The first-order chi connectivity index (χ1) is 13.5. The number of pyridine rings is 1. The van der Waals surface area contributed by atoms with E-state index < -0.39 is 0 Å². The van der Waals surface area contributed by atoms with Gasteiger partial charge >= 0.3 is 0 Å². The van der Waals surface area contributed by atoms with Crippen LogP contribution in [0.1, 0.15) is 43.7 Å². The molecular formula is C21H17FN2O4.